The number of nitrogens with zero attached hydrogens (tertiary/aromatic N) is 2. The second-order valence-electron chi connectivity index (χ2n) is 8.50. The highest BCUT2D eigenvalue weighted by atomic mass is 32.2. The van der Waals surface area contributed by atoms with Gasteiger partial charge in [0.05, 0.1) is 24.7 Å². The van der Waals surface area contributed by atoms with Crippen molar-refractivity contribution in [2.45, 2.75) is 56.9 Å². The molecule has 168 valence electrons. The number of fused-ring (bicyclic) bond motifs is 1. The number of hydrogen-bond acceptors (Lipinski definition) is 4. The Morgan fingerprint density at radius 3 is 2.58 bits per heavy atom. The van der Waals surface area contributed by atoms with Crippen molar-refractivity contribution in [3.63, 3.8) is 0 Å². The number of benzene rings is 1. The van der Waals surface area contributed by atoms with Gasteiger partial charge in [-0.25, -0.2) is 8.42 Å². The smallest absolute Gasteiger partial charge is 0.243 e. The Bertz CT molecular complexity index is 1070. The van der Waals surface area contributed by atoms with Crippen LogP contribution in [0.1, 0.15) is 47.3 Å². The third-order valence-electron chi connectivity index (χ3n) is 6.49. The molecule has 0 amide bonds. The van der Waals surface area contributed by atoms with Crippen LogP contribution < -0.4 is 0 Å². The molecular formula is C24H32N2O4S. The maximum atomic E-state index is 13.4. The lowest BCUT2D eigenvalue weighted by Crippen LogP contribution is -2.40. The molecule has 31 heavy (non-hydrogen) atoms. The van der Waals surface area contributed by atoms with Gasteiger partial charge in [0.25, 0.3) is 0 Å². The van der Waals surface area contributed by atoms with Crippen molar-refractivity contribution in [3.05, 3.63) is 64.7 Å². The molecule has 1 aromatic heterocycles. The first-order chi connectivity index (χ1) is 14.9. The monoisotopic (exact) mass is 444 g/mol. The number of aliphatic hydroxyl groups excluding tert-OH is 1. The van der Waals surface area contributed by atoms with E-state index >= 15 is 0 Å². The summed E-state index contributed by atoms with van der Waals surface area (Å²) in [4.78, 5) is 0.387. The number of ether oxygens (including phenoxy) is 1. The molecular weight excluding hydrogens is 412 g/mol. The average molecular weight is 445 g/mol. The fourth-order valence-corrected chi connectivity index (χ4v) is 6.55. The van der Waals surface area contributed by atoms with E-state index in [0.29, 0.717) is 44.2 Å². The Kier molecular flexibility index (Phi) is 6.55. The molecule has 0 spiro atoms. The van der Waals surface area contributed by atoms with Crippen LogP contribution in [-0.2, 0) is 40.6 Å². The molecule has 1 fully saturated rings. The predicted molar refractivity (Wildman–Crippen MR) is 121 cm³/mol. The minimum Gasteiger partial charge on any atom is -0.511 e. The minimum atomic E-state index is -3.57. The molecule has 2 heterocycles. The Morgan fingerprint density at radius 1 is 1.13 bits per heavy atom. The van der Waals surface area contributed by atoms with Crippen LogP contribution in [0.5, 0.6) is 0 Å². The molecule has 0 atom stereocenters. The Hall–Kier alpha value is -2.09. The summed E-state index contributed by atoms with van der Waals surface area (Å²) < 4.78 is 35.9. The van der Waals surface area contributed by atoms with Gasteiger partial charge < -0.3 is 14.4 Å². The van der Waals surface area contributed by atoms with E-state index in [4.69, 9.17) is 4.74 Å². The zero-order valence-electron chi connectivity index (χ0n) is 18.3. The highest BCUT2D eigenvalue weighted by Gasteiger charge is 2.29. The van der Waals surface area contributed by atoms with E-state index in [1.54, 1.807) is 12.1 Å². The van der Waals surface area contributed by atoms with Crippen molar-refractivity contribution < 1.29 is 18.3 Å². The second-order valence-corrected chi connectivity index (χ2v) is 10.4. The quantitative estimate of drug-likeness (QED) is 0.544. The van der Waals surface area contributed by atoms with Crippen LogP contribution in [0.2, 0.25) is 0 Å². The lowest BCUT2D eigenvalue weighted by atomic mass is 9.98. The van der Waals surface area contributed by atoms with Gasteiger partial charge in [-0.2, -0.15) is 4.31 Å². The molecule has 0 unspecified atom stereocenters. The summed E-state index contributed by atoms with van der Waals surface area (Å²) in [5, 5.41) is 9.89. The SMILES string of the molecule is C=C(O)Cn1c(C)c(Cc2ccccc2S(=O)(=O)N2CCOCC2)c2c1CCCCC2. The fourth-order valence-electron chi connectivity index (χ4n) is 4.92. The van der Waals surface area contributed by atoms with Gasteiger partial charge in [-0.05, 0) is 55.4 Å². The van der Waals surface area contributed by atoms with Crippen molar-refractivity contribution in [2.75, 3.05) is 26.3 Å². The average Bonchev–Trinajstić information content (AvgIpc) is 2.92. The van der Waals surface area contributed by atoms with E-state index in [9.17, 15) is 13.5 Å². The number of aromatic nitrogens is 1. The molecule has 0 bridgehead atoms. The summed E-state index contributed by atoms with van der Waals surface area (Å²) >= 11 is 0. The fraction of sp³-hybridized carbons (Fsp3) is 0.500. The number of hydrogen-bond donors (Lipinski definition) is 1. The molecule has 1 aliphatic carbocycles. The molecule has 7 heteroatoms. The topological polar surface area (TPSA) is 71.8 Å². The number of rotatable bonds is 6. The summed E-state index contributed by atoms with van der Waals surface area (Å²) in [6, 6.07) is 7.36. The highest BCUT2D eigenvalue weighted by molar-refractivity contribution is 7.89. The molecule has 1 N–H and O–H groups in total. The summed E-state index contributed by atoms with van der Waals surface area (Å²) in [6.45, 7) is 7.80. The summed E-state index contributed by atoms with van der Waals surface area (Å²) in [6.07, 6.45) is 6.01. The van der Waals surface area contributed by atoms with E-state index in [1.807, 2.05) is 12.1 Å². The van der Waals surface area contributed by atoms with Gasteiger partial charge in [0.1, 0.15) is 5.76 Å². The Morgan fingerprint density at radius 2 is 1.84 bits per heavy atom. The van der Waals surface area contributed by atoms with Crippen molar-refractivity contribution >= 4 is 10.0 Å². The number of morpholine rings is 1. The van der Waals surface area contributed by atoms with Gasteiger partial charge in [-0.1, -0.05) is 31.2 Å². The first-order valence-corrected chi connectivity index (χ1v) is 12.6. The molecule has 6 nitrogen and oxygen atoms in total. The molecule has 0 radical (unpaired) electrons. The van der Waals surface area contributed by atoms with E-state index in [2.05, 4.69) is 18.1 Å². The van der Waals surface area contributed by atoms with Crippen LogP contribution in [0.15, 0.2) is 41.5 Å². The van der Waals surface area contributed by atoms with Crippen molar-refractivity contribution in [3.8, 4) is 0 Å². The predicted octanol–water partition coefficient (Wildman–Crippen LogP) is 3.75. The highest BCUT2D eigenvalue weighted by Crippen LogP contribution is 2.33. The lowest BCUT2D eigenvalue weighted by molar-refractivity contribution is 0.0730. The first-order valence-electron chi connectivity index (χ1n) is 11.1. The van der Waals surface area contributed by atoms with Gasteiger partial charge in [0.15, 0.2) is 0 Å². The van der Waals surface area contributed by atoms with Crippen molar-refractivity contribution in [1.29, 1.82) is 0 Å². The van der Waals surface area contributed by atoms with Crippen molar-refractivity contribution in [1.82, 2.24) is 8.87 Å². The summed E-state index contributed by atoms with van der Waals surface area (Å²) in [5.41, 5.74) is 5.72. The standard InChI is InChI=1S/C24H32N2O4S/c1-18(27)17-26-19(2)22(21-9-4-3-5-10-23(21)26)16-20-8-6-7-11-24(20)31(28,29)25-12-14-30-15-13-25/h6-8,11,27H,1,3-5,9-10,12-17H2,2H3. The minimum absolute atomic E-state index is 0.145. The second kappa shape index (κ2) is 9.18. The van der Waals surface area contributed by atoms with Gasteiger partial charge in [-0.3, -0.25) is 0 Å². The van der Waals surface area contributed by atoms with Crippen LogP contribution in [0, 0.1) is 6.92 Å². The van der Waals surface area contributed by atoms with Gasteiger partial charge in [0, 0.05) is 30.9 Å². The van der Waals surface area contributed by atoms with Crippen LogP contribution in [0.25, 0.3) is 0 Å². The maximum Gasteiger partial charge on any atom is 0.243 e. The van der Waals surface area contributed by atoms with Gasteiger partial charge in [-0.15, -0.1) is 0 Å². The Balaban J connectivity index is 1.75. The normalized spacial score (nSPS) is 17.8. The zero-order chi connectivity index (χ0) is 22.0. The molecule has 2 aromatic rings. The van der Waals surface area contributed by atoms with E-state index < -0.39 is 10.0 Å². The van der Waals surface area contributed by atoms with Crippen molar-refractivity contribution in [2.24, 2.45) is 0 Å². The number of aliphatic hydroxyl groups is 1. The summed E-state index contributed by atoms with van der Waals surface area (Å²) in [5.74, 6) is 0.145. The van der Waals surface area contributed by atoms with E-state index in [0.717, 1.165) is 36.9 Å². The van der Waals surface area contributed by atoms with Crippen LogP contribution in [0.4, 0.5) is 0 Å². The Labute approximate surface area is 185 Å². The van der Waals surface area contributed by atoms with E-state index in [1.165, 1.54) is 27.5 Å². The third kappa shape index (κ3) is 4.45. The van der Waals surface area contributed by atoms with Gasteiger partial charge >= 0.3 is 0 Å². The molecule has 1 aromatic carbocycles. The zero-order valence-corrected chi connectivity index (χ0v) is 19.1. The first kappa shape index (κ1) is 22.1. The van der Waals surface area contributed by atoms with Crippen LogP contribution in [-0.4, -0.2) is 48.7 Å². The number of allylic oxidation sites excluding steroid dienone is 1. The van der Waals surface area contributed by atoms with E-state index in [-0.39, 0.29) is 5.76 Å². The van der Waals surface area contributed by atoms with Gasteiger partial charge in [0.2, 0.25) is 10.0 Å². The molecule has 4 rings (SSSR count). The lowest BCUT2D eigenvalue weighted by Gasteiger charge is -2.27. The van der Waals surface area contributed by atoms with Crippen LogP contribution in [0.3, 0.4) is 0 Å². The molecule has 2 aliphatic rings. The van der Waals surface area contributed by atoms with Crippen LogP contribution >= 0.6 is 0 Å². The largest absolute Gasteiger partial charge is 0.511 e. The summed E-state index contributed by atoms with van der Waals surface area (Å²) in [7, 11) is -3.57. The number of sulfonamides is 1. The third-order valence-corrected chi connectivity index (χ3v) is 8.49. The molecule has 1 saturated heterocycles. The molecule has 1 aliphatic heterocycles. The maximum absolute atomic E-state index is 13.4. The molecule has 0 saturated carbocycles.